The summed E-state index contributed by atoms with van der Waals surface area (Å²) in [5, 5.41) is 1.51. The summed E-state index contributed by atoms with van der Waals surface area (Å²) >= 11 is 0. The van der Waals surface area contributed by atoms with Gasteiger partial charge in [-0.2, -0.15) is 0 Å². The number of nitrogens with two attached hydrogens (primary N) is 1. The summed E-state index contributed by atoms with van der Waals surface area (Å²) in [5.41, 5.74) is 8.98. The summed E-state index contributed by atoms with van der Waals surface area (Å²) in [7, 11) is 0. The van der Waals surface area contributed by atoms with E-state index >= 15 is 0 Å². The molecule has 1 amide bonds. The molecule has 3 N–H and O–H groups in total. The first kappa shape index (κ1) is 10.2. The number of nitrogens with one attached hydrogen (secondary N) is 1. The third-order valence-corrected chi connectivity index (χ3v) is 1.96. The Labute approximate surface area is 91.9 Å². The Kier molecular flexibility index (Phi) is 2.84. The van der Waals surface area contributed by atoms with Crippen LogP contribution in [0.4, 0.5) is 10.5 Å². The monoisotopic (exact) mass is 218 g/mol. The molecule has 16 heavy (non-hydrogen) atoms. The van der Waals surface area contributed by atoms with Crippen molar-refractivity contribution in [1.82, 2.24) is 5.59 Å². The second kappa shape index (κ2) is 4.45. The molecule has 0 saturated carbocycles. The minimum atomic E-state index is -0.906. The lowest BCUT2D eigenvalue weighted by atomic mass is 10.2. The molecule has 0 spiro atoms. The molecular formula is C10H10N4O2. The number of aliphatic imine (C=N–C) groups is 1. The number of fused-ring (bicyclic) bond motifs is 1. The topological polar surface area (TPSA) is 80.0 Å². The number of para-hydroxylation sites is 1. The van der Waals surface area contributed by atoms with Gasteiger partial charge in [-0.25, -0.2) is 9.80 Å². The molecule has 82 valence electrons. The summed E-state index contributed by atoms with van der Waals surface area (Å²) in [6, 6.07) is 7.51. The predicted molar refractivity (Wildman–Crippen MR) is 59.5 cm³/mol. The standard InChI is InChI=1S/C10H10N4O2/c11-10(15)16-13-14-6-5-12-7-8-3-1-2-4-9(8)14/h1-7,13H,(H2,11,15). The van der Waals surface area contributed by atoms with Gasteiger partial charge in [0.1, 0.15) is 0 Å². The number of carbonyl (C=O) groups is 1. The molecule has 0 unspecified atom stereocenters. The van der Waals surface area contributed by atoms with Crippen LogP contribution in [0.5, 0.6) is 0 Å². The van der Waals surface area contributed by atoms with Gasteiger partial charge >= 0.3 is 6.09 Å². The molecule has 0 aliphatic carbocycles. The number of hydrazine groups is 1. The van der Waals surface area contributed by atoms with E-state index in [0.29, 0.717) is 0 Å². The molecule has 0 saturated heterocycles. The highest BCUT2D eigenvalue weighted by molar-refractivity contribution is 5.89. The quantitative estimate of drug-likeness (QED) is 0.723. The second-order valence-corrected chi connectivity index (χ2v) is 3.02. The van der Waals surface area contributed by atoms with Gasteiger partial charge in [-0.3, -0.25) is 4.99 Å². The number of carbonyl (C=O) groups excluding carboxylic acids is 1. The van der Waals surface area contributed by atoms with Crippen LogP contribution in [0.3, 0.4) is 0 Å². The Bertz CT molecular complexity index is 456. The van der Waals surface area contributed by atoms with Gasteiger partial charge in [-0.05, 0) is 6.07 Å². The number of hydrogen-bond donors (Lipinski definition) is 2. The minimum Gasteiger partial charge on any atom is -0.333 e. The Morgan fingerprint density at radius 1 is 1.44 bits per heavy atom. The van der Waals surface area contributed by atoms with E-state index in [1.807, 2.05) is 24.3 Å². The van der Waals surface area contributed by atoms with Crippen molar-refractivity contribution in [3.05, 3.63) is 42.2 Å². The van der Waals surface area contributed by atoms with Gasteiger partial charge in [0.15, 0.2) is 0 Å². The molecule has 0 bridgehead atoms. The first-order valence-electron chi connectivity index (χ1n) is 4.57. The van der Waals surface area contributed by atoms with Crippen LogP contribution >= 0.6 is 0 Å². The van der Waals surface area contributed by atoms with Gasteiger partial charge in [-0.15, -0.1) is 0 Å². The molecule has 1 aliphatic rings. The molecule has 6 nitrogen and oxygen atoms in total. The van der Waals surface area contributed by atoms with Crippen LogP contribution < -0.4 is 16.3 Å². The number of anilines is 1. The smallest absolute Gasteiger partial charge is 0.333 e. The first-order chi connectivity index (χ1) is 7.77. The normalized spacial score (nSPS) is 13.1. The third-order valence-electron chi connectivity index (χ3n) is 1.96. The molecule has 0 fully saturated rings. The summed E-state index contributed by atoms with van der Waals surface area (Å²) in [6.45, 7) is 0. The molecule has 1 aromatic carbocycles. The molecule has 2 rings (SSSR count). The highest BCUT2D eigenvalue weighted by Gasteiger charge is 2.10. The maximum Gasteiger partial charge on any atom is 0.425 e. The van der Waals surface area contributed by atoms with Crippen LogP contribution in [-0.2, 0) is 4.84 Å². The number of primary amides is 1. The zero-order valence-electron chi connectivity index (χ0n) is 8.33. The van der Waals surface area contributed by atoms with E-state index in [0.717, 1.165) is 11.3 Å². The third kappa shape index (κ3) is 2.18. The lowest BCUT2D eigenvalue weighted by Crippen LogP contribution is -2.37. The average Bonchev–Trinajstić information content (AvgIpc) is 2.48. The van der Waals surface area contributed by atoms with Gasteiger partial charge in [0.25, 0.3) is 0 Å². The lowest BCUT2D eigenvalue weighted by molar-refractivity contribution is 0.0980. The number of rotatable bonds is 2. The Hall–Kier alpha value is -2.34. The molecule has 0 atom stereocenters. The molecule has 1 aromatic rings. The van der Waals surface area contributed by atoms with Gasteiger partial charge < -0.3 is 10.6 Å². The Morgan fingerprint density at radius 3 is 3.06 bits per heavy atom. The maximum atomic E-state index is 10.5. The Morgan fingerprint density at radius 2 is 2.25 bits per heavy atom. The van der Waals surface area contributed by atoms with Crippen LogP contribution in [-0.4, -0.2) is 12.3 Å². The lowest BCUT2D eigenvalue weighted by Gasteiger charge is -2.20. The van der Waals surface area contributed by atoms with Crippen molar-refractivity contribution in [3.63, 3.8) is 0 Å². The van der Waals surface area contributed by atoms with Crippen molar-refractivity contribution < 1.29 is 9.63 Å². The zero-order valence-corrected chi connectivity index (χ0v) is 8.33. The molecule has 6 heteroatoms. The van der Waals surface area contributed by atoms with Gasteiger partial charge in [0.2, 0.25) is 0 Å². The van der Waals surface area contributed by atoms with E-state index < -0.39 is 6.09 Å². The van der Waals surface area contributed by atoms with Gasteiger partial charge in [0, 0.05) is 24.2 Å². The highest BCUT2D eigenvalue weighted by atomic mass is 16.7. The zero-order chi connectivity index (χ0) is 11.4. The molecule has 1 aliphatic heterocycles. The van der Waals surface area contributed by atoms with Crippen molar-refractivity contribution >= 4 is 18.0 Å². The van der Waals surface area contributed by atoms with Gasteiger partial charge in [-0.1, -0.05) is 23.8 Å². The summed E-state index contributed by atoms with van der Waals surface area (Å²) in [4.78, 5) is 19.0. The van der Waals surface area contributed by atoms with Crippen LogP contribution in [0.2, 0.25) is 0 Å². The van der Waals surface area contributed by atoms with Crippen LogP contribution in [0.1, 0.15) is 5.56 Å². The molecule has 0 aromatic heterocycles. The van der Waals surface area contributed by atoms with E-state index in [-0.39, 0.29) is 0 Å². The number of nitrogens with zero attached hydrogens (tertiary/aromatic N) is 2. The fraction of sp³-hybridized carbons (Fsp3) is 0. The van der Waals surface area contributed by atoms with Gasteiger partial charge in [0.05, 0.1) is 5.69 Å². The van der Waals surface area contributed by atoms with Crippen LogP contribution in [0.15, 0.2) is 41.7 Å². The number of hydrogen-bond acceptors (Lipinski definition) is 5. The fourth-order valence-corrected chi connectivity index (χ4v) is 1.30. The molecular weight excluding hydrogens is 208 g/mol. The molecule has 0 radical (unpaired) electrons. The fourth-order valence-electron chi connectivity index (χ4n) is 1.30. The van der Waals surface area contributed by atoms with E-state index in [1.54, 1.807) is 18.6 Å². The Balaban J connectivity index is 2.24. The van der Waals surface area contributed by atoms with E-state index in [2.05, 4.69) is 15.4 Å². The summed E-state index contributed by atoms with van der Waals surface area (Å²) in [5.74, 6) is 0. The molecule has 1 heterocycles. The predicted octanol–water partition coefficient (Wildman–Crippen LogP) is 0.912. The SMILES string of the molecule is NC(=O)ONN1C=CN=Cc2ccccc21. The van der Waals surface area contributed by atoms with Crippen molar-refractivity contribution in [3.8, 4) is 0 Å². The average molecular weight is 218 g/mol. The minimum absolute atomic E-state index is 0.807. The van der Waals surface area contributed by atoms with Crippen molar-refractivity contribution in [2.75, 3.05) is 5.01 Å². The first-order valence-corrected chi connectivity index (χ1v) is 4.57. The van der Waals surface area contributed by atoms with Crippen LogP contribution in [0, 0.1) is 0 Å². The largest absolute Gasteiger partial charge is 0.425 e. The van der Waals surface area contributed by atoms with Crippen molar-refractivity contribution in [2.24, 2.45) is 10.7 Å². The van der Waals surface area contributed by atoms with Crippen LogP contribution in [0.25, 0.3) is 0 Å². The van der Waals surface area contributed by atoms with Crippen molar-refractivity contribution in [2.45, 2.75) is 0 Å². The second-order valence-electron chi connectivity index (χ2n) is 3.02. The highest BCUT2D eigenvalue weighted by Crippen LogP contribution is 2.19. The van der Waals surface area contributed by atoms with E-state index in [9.17, 15) is 4.79 Å². The van der Waals surface area contributed by atoms with Crippen molar-refractivity contribution in [1.29, 1.82) is 0 Å². The van der Waals surface area contributed by atoms with E-state index in [1.165, 1.54) is 5.01 Å². The summed E-state index contributed by atoms with van der Waals surface area (Å²) < 4.78 is 0. The number of benzene rings is 1. The van der Waals surface area contributed by atoms with E-state index in [4.69, 9.17) is 5.73 Å². The summed E-state index contributed by atoms with van der Waals surface area (Å²) in [6.07, 6.45) is 3.98. The number of amides is 1. The maximum absolute atomic E-state index is 10.5.